The van der Waals surface area contributed by atoms with Gasteiger partial charge in [0.1, 0.15) is 0 Å². The van der Waals surface area contributed by atoms with E-state index in [0.29, 0.717) is 5.92 Å². The van der Waals surface area contributed by atoms with Gasteiger partial charge in [-0.2, -0.15) is 0 Å². The first-order chi connectivity index (χ1) is 6.95. The number of allylic oxidation sites excluding steroid dienone is 2. The number of aliphatic hydroxyl groups excluding tert-OH is 1. The highest BCUT2D eigenvalue weighted by atomic mass is 16.3. The van der Waals surface area contributed by atoms with Gasteiger partial charge in [-0.3, -0.25) is 4.79 Å². The van der Waals surface area contributed by atoms with Crippen molar-refractivity contribution >= 4 is 5.78 Å². The van der Waals surface area contributed by atoms with Gasteiger partial charge in [0, 0.05) is 0 Å². The standard InChI is InChI=1S/C13H20O2/c1-8-12(15)5-4-11-6-10(9(2)14)7-13(8,11)3/h7-8,11-12,15H,4-6H2,1-3H3/t8-,11+,12-,13+/m0/s1. The van der Waals surface area contributed by atoms with Crippen LogP contribution in [-0.2, 0) is 4.79 Å². The fourth-order valence-corrected chi connectivity index (χ4v) is 3.24. The Labute approximate surface area is 91.4 Å². The Kier molecular flexibility index (Phi) is 2.50. The van der Waals surface area contributed by atoms with Crippen LogP contribution in [0.25, 0.3) is 0 Å². The van der Waals surface area contributed by atoms with Crippen LogP contribution in [0.1, 0.15) is 40.0 Å². The zero-order valence-electron chi connectivity index (χ0n) is 9.79. The highest BCUT2D eigenvalue weighted by Crippen LogP contribution is 2.53. The molecule has 0 heterocycles. The number of hydrogen-bond donors (Lipinski definition) is 1. The van der Waals surface area contributed by atoms with Gasteiger partial charge in [-0.15, -0.1) is 0 Å². The molecule has 0 aromatic rings. The molecule has 0 amide bonds. The average Bonchev–Trinajstić information content (AvgIpc) is 2.52. The topological polar surface area (TPSA) is 37.3 Å². The van der Waals surface area contributed by atoms with Gasteiger partial charge in [0.25, 0.3) is 0 Å². The van der Waals surface area contributed by atoms with Crippen LogP contribution in [0.3, 0.4) is 0 Å². The number of Topliss-reactive ketones (excluding diaryl/α,β-unsaturated/α-hetero) is 1. The number of ketones is 1. The molecule has 2 aliphatic carbocycles. The van der Waals surface area contributed by atoms with Crippen molar-refractivity contribution in [1.29, 1.82) is 0 Å². The molecule has 1 fully saturated rings. The third kappa shape index (κ3) is 1.55. The van der Waals surface area contributed by atoms with Crippen molar-refractivity contribution in [2.24, 2.45) is 17.3 Å². The van der Waals surface area contributed by atoms with E-state index in [-0.39, 0.29) is 23.2 Å². The SMILES string of the molecule is CC(=O)C1=C[C@@]2(C)[C@H](CC[C@H](O)[C@@H]2C)C1. The maximum absolute atomic E-state index is 11.4. The van der Waals surface area contributed by atoms with Gasteiger partial charge in [-0.1, -0.05) is 19.9 Å². The highest BCUT2D eigenvalue weighted by molar-refractivity contribution is 5.94. The molecule has 0 aromatic carbocycles. The zero-order valence-corrected chi connectivity index (χ0v) is 9.79. The second kappa shape index (κ2) is 3.44. The van der Waals surface area contributed by atoms with E-state index in [1.165, 1.54) is 0 Å². The van der Waals surface area contributed by atoms with Gasteiger partial charge in [0.2, 0.25) is 0 Å². The summed E-state index contributed by atoms with van der Waals surface area (Å²) in [7, 11) is 0. The first-order valence-electron chi connectivity index (χ1n) is 5.86. The van der Waals surface area contributed by atoms with E-state index in [0.717, 1.165) is 24.8 Å². The normalized spacial score (nSPS) is 44.8. The molecule has 0 saturated heterocycles. The molecular formula is C13H20O2. The molecule has 0 aliphatic heterocycles. The molecule has 2 aliphatic rings. The summed E-state index contributed by atoms with van der Waals surface area (Å²) in [5.41, 5.74) is 1.02. The van der Waals surface area contributed by atoms with Crippen LogP contribution < -0.4 is 0 Å². The van der Waals surface area contributed by atoms with Gasteiger partial charge >= 0.3 is 0 Å². The molecular weight excluding hydrogens is 188 g/mol. The summed E-state index contributed by atoms with van der Waals surface area (Å²) in [5.74, 6) is 1.04. The Bertz CT molecular complexity index is 318. The number of fused-ring (bicyclic) bond motifs is 1. The molecule has 0 radical (unpaired) electrons. The minimum absolute atomic E-state index is 0.0403. The number of hydrogen-bond acceptors (Lipinski definition) is 2. The Balaban J connectivity index is 2.31. The van der Waals surface area contributed by atoms with E-state index in [1.807, 2.05) is 0 Å². The fraction of sp³-hybridized carbons (Fsp3) is 0.769. The molecule has 0 spiro atoms. The Morgan fingerprint density at radius 2 is 2.20 bits per heavy atom. The van der Waals surface area contributed by atoms with Crippen LogP contribution in [-0.4, -0.2) is 17.0 Å². The van der Waals surface area contributed by atoms with E-state index in [4.69, 9.17) is 0 Å². The van der Waals surface area contributed by atoms with Crippen molar-refractivity contribution in [1.82, 2.24) is 0 Å². The zero-order chi connectivity index (χ0) is 11.2. The number of carbonyl (C=O) groups is 1. The van der Waals surface area contributed by atoms with E-state index < -0.39 is 0 Å². The summed E-state index contributed by atoms with van der Waals surface area (Å²) in [5, 5.41) is 9.90. The average molecular weight is 208 g/mol. The Morgan fingerprint density at radius 3 is 2.80 bits per heavy atom. The van der Waals surface area contributed by atoms with Gasteiger partial charge < -0.3 is 5.11 Å². The summed E-state index contributed by atoms with van der Waals surface area (Å²) >= 11 is 0. The predicted octanol–water partition coefficient (Wildman–Crippen LogP) is 2.32. The maximum atomic E-state index is 11.4. The van der Waals surface area contributed by atoms with Crippen molar-refractivity contribution in [3.05, 3.63) is 11.6 Å². The van der Waals surface area contributed by atoms with Crippen molar-refractivity contribution in [2.45, 2.75) is 46.1 Å². The molecule has 1 N–H and O–H groups in total. The van der Waals surface area contributed by atoms with E-state index >= 15 is 0 Å². The van der Waals surface area contributed by atoms with Crippen molar-refractivity contribution in [3.63, 3.8) is 0 Å². The lowest BCUT2D eigenvalue weighted by atomic mass is 9.62. The quantitative estimate of drug-likeness (QED) is 0.718. The minimum Gasteiger partial charge on any atom is -0.393 e. The van der Waals surface area contributed by atoms with Crippen LogP contribution >= 0.6 is 0 Å². The van der Waals surface area contributed by atoms with E-state index in [1.54, 1.807) is 6.92 Å². The second-order valence-electron chi connectivity index (χ2n) is 5.43. The molecule has 15 heavy (non-hydrogen) atoms. The van der Waals surface area contributed by atoms with Crippen LogP contribution in [0.4, 0.5) is 0 Å². The van der Waals surface area contributed by atoms with Crippen molar-refractivity contribution in [3.8, 4) is 0 Å². The molecule has 2 nitrogen and oxygen atoms in total. The Hall–Kier alpha value is -0.630. The maximum Gasteiger partial charge on any atom is 0.155 e. The third-order valence-electron chi connectivity index (χ3n) is 4.65. The minimum atomic E-state index is -0.200. The van der Waals surface area contributed by atoms with Gasteiger partial charge in [0.15, 0.2) is 5.78 Å². The lowest BCUT2D eigenvalue weighted by Gasteiger charge is -2.44. The molecule has 1 saturated carbocycles. The first kappa shape index (κ1) is 10.9. The third-order valence-corrected chi connectivity index (χ3v) is 4.65. The monoisotopic (exact) mass is 208 g/mol. The molecule has 0 bridgehead atoms. The molecule has 0 unspecified atom stereocenters. The number of aliphatic hydroxyl groups is 1. The number of carbonyl (C=O) groups excluding carboxylic acids is 1. The summed E-state index contributed by atoms with van der Waals surface area (Å²) in [6, 6.07) is 0. The largest absolute Gasteiger partial charge is 0.393 e. The van der Waals surface area contributed by atoms with Crippen molar-refractivity contribution in [2.75, 3.05) is 0 Å². The second-order valence-corrected chi connectivity index (χ2v) is 5.43. The first-order valence-corrected chi connectivity index (χ1v) is 5.86. The van der Waals surface area contributed by atoms with Crippen molar-refractivity contribution < 1.29 is 9.90 Å². The Morgan fingerprint density at radius 1 is 1.53 bits per heavy atom. The smallest absolute Gasteiger partial charge is 0.155 e. The molecule has 0 aromatic heterocycles. The lowest BCUT2D eigenvalue weighted by molar-refractivity contribution is -0.113. The lowest BCUT2D eigenvalue weighted by Crippen LogP contribution is -2.41. The highest BCUT2D eigenvalue weighted by Gasteiger charge is 2.48. The van der Waals surface area contributed by atoms with Crippen LogP contribution in [0.15, 0.2) is 11.6 Å². The summed E-state index contributed by atoms with van der Waals surface area (Å²) in [4.78, 5) is 11.4. The predicted molar refractivity (Wildman–Crippen MR) is 59.4 cm³/mol. The fourth-order valence-electron chi connectivity index (χ4n) is 3.24. The number of rotatable bonds is 1. The van der Waals surface area contributed by atoms with E-state index in [2.05, 4.69) is 19.9 Å². The van der Waals surface area contributed by atoms with Crippen LogP contribution in [0.5, 0.6) is 0 Å². The van der Waals surface area contributed by atoms with Gasteiger partial charge in [-0.25, -0.2) is 0 Å². The molecule has 4 atom stereocenters. The molecule has 2 heteroatoms. The van der Waals surface area contributed by atoms with Gasteiger partial charge in [0.05, 0.1) is 6.10 Å². The van der Waals surface area contributed by atoms with Gasteiger partial charge in [-0.05, 0) is 49.0 Å². The molecule has 2 rings (SSSR count). The summed E-state index contributed by atoms with van der Waals surface area (Å²) in [6.45, 7) is 5.95. The summed E-state index contributed by atoms with van der Waals surface area (Å²) in [6.07, 6.45) is 4.79. The van der Waals surface area contributed by atoms with E-state index in [9.17, 15) is 9.90 Å². The summed E-state index contributed by atoms with van der Waals surface area (Å²) < 4.78 is 0. The van der Waals surface area contributed by atoms with Crippen LogP contribution in [0.2, 0.25) is 0 Å². The molecule has 84 valence electrons. The van der Waals surface area contributed by atoms with Crippen LogP contribution in [0, 0.1) is 17.3 Å².